The molecule has 0 heterocycles. The van der Waals surface area contributed by atoms with Gasteiger partial charge < -0.3 is 0 Å². The SMILES string of the molecule is CCCC[C]=O. The van der Waals surface area contributed by atoms with Gasteiger partial charge in [0.25, 0.3) is 0 Å². The van der Waals surface area contributed by atoms with Crippen LogP contribution in [0, 0.1) is 0 Å². The Hall–Kier alpha value is -0.330. The molecule has 0 unspecified atom stereocenters. The van der Waals surface area contributed by atoms with Crippen LogP contribution >= 0.6 is 0 Å². The Morgan fingerprint density at radius 3 is 2.50 bits per heavy atom. The third-order valence-electron chi connectivity index (χ3n) is 0.632. The molecule has 0 aliphatic carbocycles. The third-order valence-corrected chi connectivity index (χ3v) is 0.632. The van der Waals surface area contributed by atoms with E-state index in [0.717, 1.165) is 12.8 Å². The number of unbranched alkanes of at least 4 members (excludes halogenated alkanes) is 2. The van der Waals surface area contributed by atoms with Crippen molar-refractivity contribution in [2.45, 2.75) is 26.2 Å². The van der Waals surface area contributed by atoms with Gasteiger partial charge >= 0.3 is 0 Å². The highest BCUT2D eigenvalue weighted by molar-refractivity contribution is 5.49. The lowest BCUT2D eigenvalue weighted by Gasteiger charge is -1.77. The van der Waals surface area contributed by atoms with Crippen LogP contribution in [0.3, 0.4) is 0 Å². The van der Waals surface area contributed by atoms with Crippen molar-refractivity contribution >= 4 is 6.29 Å². The van der Waals surface area contributed by atoms with E-state index < -0.39 is 0 Å². The second kappa shape index (κ2) is 4.67. The Kier molecular flexibility index (Phi) is 4.41. The molecule has 0 N–H and O–H groups in total. The third kappa shape index (κ3) is 3.67. The maximum atomic E-state index is 9.44. The number of rotatable bonds is 3. The van der Waals surface area contributed by atoms with Gasteiger partial charge in [-0.1, -0.05) is 13.3 Å². The first-order valence-corrected chi connectivity index (χ1v) is 2.26. The Labute approximate surface area is 38.4 Å². The van der Waals surface area contributed by atoms with E-state index in [0.29, 0.717) is 6.42 Å². The van der Waals surface area contributed by atoms with Crippen LogP contribution in [-0.4, -0.2) is 6.29 Å². The van der Waals surface area contributed by atoms with E-state index in [1.165, 1.54) is 0 Å². The minimum absolute atomic E-state index is 0.608. The van der Waals surface area contributed by atoms with Gasteiger partial charge in [-0.3, -0.25) is 4.79 Å². The predicted octanol–water partition coefficient (Wildman–Crippen LogP) is 1.29. The molecular formula is C5H9O. The lowest BCUT2D eigenvalue weighted by molar-refractivity contribution is 0.548. The van der Waals surface area contributed by atoms with Gasteiger partial charge in [0.15, 0.2) is 6.29 Å². The summed E-state index contributed by atoms with van der Waals surface area (Å²) in [6.07, 6.45) is 4.51. The molecule has 0 aliphatic rings. The summed E-state index contributed by atoms with van der Waals surface area (Å²) >= 11 is 0. The Balaban J connectivity index is 2.49. The predicted molar refractivity (Wildman–Crippen MR) is 25.2 cm³/mol. The summed E-state index contributed by atoms with van der Waals surface area (Å²) in [7, 11) is 0. The van der Waals surface area contributed by atoms with Crippen LogP contribution < -0.4 is 0 Å². The van der Waals surface area contributed by atoms with Crippen LogP contribution in [0.15, 0.2) is 0 Å². The van der Waals surface area contributed by atoms with Crippen molar-refractivity contribution in [3.8, 4) is 0 Å². The highest BCUT2D eigenvalue weighted by Crippen LogP contribution is 1.87. The summed E-state index contributed by atoms with van der Waals surface area (Å²) in [5.41, 5.74) is 0. The Morgan fingerprint density at radius 1 is 1.67 bits per heavy atom. The normalized spacial score (nSPS) is 8.17. The first-order chi connectivity index (χ1) is 2.91. The Morgan fingerprint density at radius 2 is 2.33 bits per heavy atom. The number of hydrogen-bond acceptors (Lipinski definition) is 1. The van der Waals surface area contributed by atoms with E-state index in [-0.39, 0.29) is 0 Å². The minimum Gasteiger partial charge on any atom is -0.291 e. The molecular weight excluding hydrogens is 76.1 g/mol. The van der Waals surface area contributed by atoms with Crippen molar-refractivity contribution in [2.75, 3.05) is 0 Å². The van der Waals surface area contributed by atoms with Crippen LogP contribution in [0.2, 0.25) is 0 Å². The lowest BCUT2D eigenvalue weighted by Crippen LogP contribution is -1.70. The zero-order chi connectivity index (χ0) is 4.83. The van der Waals surface area contributed by atoms with E-state index >= 15 is 0 Å². The van der Waals surface area contributed by atoms with Gasteiger partial charge in [0.2, 0.25) is 0 Å². The smallest absolute Gasteiger partial charge is 0.198 e. The zero-order valence-corrected chi connectivity index (χ0v) is 4.03. The molecule has 0 bridgehead atoms. The first-order valence-electron chi connectivity index (χ1n) is 2.26. The maximum Gasteiger partial charge on any atom is 0.198 e. The Bertz CT molecular complexity index is 32.9. The van der Waals surface area contributed by atoms with Crippen molar-refractivity contribution in [1.82, 2.24) is 0 Å². The summed E-state index contributed by atoms with van der Waals surface area (Å²) in [5, 5.41) is 0. The fourth-order valence-corrected chi connectivity index (χ4v) is 0.249. The van der Waals surface area contributed by atoms with E-state index in [4.69, 9.17) is 0 Å². The molecule has 0 aliphatic heterocycles. The first kappa shape index (κ1) is 5.67. The average molecular weight is 85.1 g/mol. The summed E-state index contributed by atoms with van der Waals surface area (Å²) in [6.45, 7) is 2.05. The van der Waals surface area contributed by atoms with E-state index in [9.17, 15) is 4.79 Å². The molecule has 35 valence electrons. The second-order valence-corrected chi connectivity index (χ2v) is 1.25. The monoisotopic (exact) mass is 85.1 g/mol. The summed E-state index contributed by atoms with van der Waals surface area (Å²) in [4.78, 5) is 9.44. The number of carbonyl (C=O) groups excluding carboxylic acids is 1. The van der Waals surface area contributed by atoms with E-state index in [2.05, 4.69) is 6.92 Å². The molecule has 0 saturated heterocycles. The molecule has 0 rings (SSSR count). The molecule has 1 heteroatoms. The second-order valence-electron chi connectivity index (χ2n) is 1.25. The molecule has 1 radical (unpaired) electrons. The highest BCUT2D eigenvalue weighted by Gasteiger charge is 1.76. The van der Waals surface area contributed by atoms with Gasteiger partial charge in [-0.15, -0.1) is 0 Å². The van der Waals surface area contributed by atoms with Gasteiger partial charge in [-0.05, 0) is 6.42 Å². The van der Waals surface area contributed by atoms with Crippen LogP contribution in [-0.2, 0) is 4.79 Å². The van der Waals surface area contributed by atoms with Gasteiger partial charge in [0, 0.05) is 6.42 Å². The molecule has 0 spiro atoms. The van der Waals surface area contributed by atoms with Crippen molar-refractivity contribution in [3.63, 3.8) is 0 Å². The van der Waals surface area contributed by atoms with Gasteiger partial charge in [0.05, 0.1) is 0 Å². The quantitative estimate of drug-likeness (QED) is 0.472. The zero-order valence-electron chi connectivity index (χ0n) is 4.03. The molecule has 0 saturated carbocycles. The molecule has 0 amide bonds. The van der Waals surface area contributed by atoms with Gasteiger partial charge in [0.1, 0.15) is 0 Å². The summed E-state index contributed by atoms with van der Waals surface area (Å²) < 4.78 is 0. The van der Waals surface area contributed by atoms with Gasteiger partial charge in [-0.2, -0.15) is 0 Å². The van der Waals surface area contributed by atoms with Crippen LogP contribution in [0.1, 0.15) is 26.2 Å². The minimum atomic E-state index is 0.608. The largest absolute Gasteiger partial charge is 0.291 e. The fourth-order valence-electron chi connectivity index (χ4n) is 0.249. The van der Waals surface area contributed by atoms with Crippen LogP contribution in [0.5, 0.6) is 0 Å². The molecule has 0 aromatic carbocycles. The van der Waals surface area contributed by atoms with E-state index in [1.54, 1.807) is 0 Å². The number of hydrogen-bond donors (Lipinski definition) is 0. The van der Waals surface area contributed by atoms with Crippen molar-refractivity contribution in [3.05, 3.63) is 0 Å². The lowest BCUT2D eigenvalue weighted by atomic mass is 10.3. The van der Waals surface area contributed by atoms with Crippen LogP contribution in [0.4, 0.5) is 0 Å². The summed E-state index contributed by atoms with van der Waals surface area (Å²) in [6, 6.07) is 0. The van der Waals surface area contributed by atoms with Crippen molar-refractivity contribution < 1.29 is 4.79 Å². The molecule has 1 nitrogen and oxygen atoms in total. The van der Waals surface area contributed by atoms with Crippen molar-refractivity contribution in [1.29, 1.82) is 0 Å². The highest BCUT2D eigenvalue weighted by atomic mass is 16.1. The molecule has 0 atom stereocenters. The average Bonchev–Trinajstić information content (AvgIpc) is 1.61. The fraction of sp³-hybridized carbons (Fsp3) is 0.800. The summed E-state index contributed by atoms with van der Waals surface area (Å²) in [5.74, 6) is 0. The molecule has 6 heavy (non-hydrogen) atoms. The van der Waals surface area contributed by atoms with Crippen LogP contribution in [0.25, 0.3) is 0 Å². The molecule has 0 aromatic rings. The standard InChI is InChI=1S/C5H9O/c1-2-3-4-5-6/h2-4H2,1H3. The molecule has 0 fully saturated rings. The van der Waals surface area contributed by atoms with Crippen molar-refractivity contribution in [2.24, 2.45) is 0 Å². The van der Waals surface area contributed by atoms with Gasteiger partial charge in [-0.25, -0.2) is 0 Å². The maximum absolute atomic E-state index is 9.44. The molecule has 0 aromatic heterocycles. The van der Waals surface area contributed by atoms with E-state index in [1.807, 2.05) is 6.29 Å². The topological polar surface area (TPSA) is 17.1 Å².